The van der Waals surface area contributed by atoms with Gasteiger partial charge in [0.05, 0.1) is 6.61 Å². The van der Waals surface area contributed by atoms with Gasteiger partial charge in [0.25, 0.3) is 5.91 Å². The summed E-state index contributed by atoms with van der Waals surface area (Å²) in [6.45, 7) is 0.550. The number of nitrogens with zero attached hydrogens (tertiary/aromatic N) is 1. The smallest absolute Gasteiger partial charge is 0.256 e. The van der Waals surface area contributed by atoms with Crippen LogP contribution in [0, 0.1) is 0 Å². The molecule has 0 bridgehead atoms. The molecule has 0 fully saturated rings. The number of aryl methyl sites for hydroxylation is 2. The molecule has 0 unspecified atom stereocenters. The van der Waals surface area contributed by atoms with Crippen molar-refractivity contribution in [2.75, 3.05) is 12.4 Å². The molecule has 0 saturated heterocycles. The fourth-order valence-electron chi connectivity index (χ4n) is 2.60. The Kier molecular flexibility index (Phi) is 3.97. The minimum Gasteiger partial charge on any atom is -0.380 e. The summed E-state index contributed by atoms with van der Waals surface area (Å²) in [6.07, 6.45) is 3.25. The molecular formula is C17H18N2O2. The molecule has 0 atom stereocenters. The second-order valence-corrected chi connectivity index (χ2v) is 5.24. The van der Waals surface area contributed by atoms with E-state index >= 15 is 0 Å². The molecular weight excluding hydrogens is 264 g/mol. The summed E-state index contributed by atoms with van der Waals surface area (Å²) < 4.78 is 5.06. The summed E-state index contributed by atoms with van der Waals surface area (Å²) in [5.74, 6) is 0.492. The van der Waals surface area contributed by atoms with Crippen LogP contribution in [0.15, 0.2) is 36.4 Å². The zero-order chi connectivity index (χ0) is 14.7. The largest absolute Gasteiger partial charge is 0.380 e. The van der Waals surface area contributed by atoms with Gasteiger partial charge in [-0.25, -0.2) is 4.98 Å². The van der Waals surface area contributed by atoms with E-state index in [1.165, 1.54) is 5.56 Å². The molecule has 3 rings (SSSR count). The minimum absolute atomic E-state index is 0.135. The van der Waals surface area contributed by atoms with Crippen molar-refractivity contribution in [1.82, 2.24) is 4.98 Å². The van der Waals surface area contributed by atoms with E-state index in [-0.39, 0.29) is 5.91 Å². The number of ether oxygens (including phenoxy) is 1. The highest BCUT2D eigenvalue weighted by molar-refractivity contribution is 6.03. The lowest BCUT2D eigenvalue weighted by Gasteiger charge is -2.07. The number of aromatic nitrogens is 1. The van der Waals surface area contributed by atoms with Crippen LogP contribution in [0.1, 0.15) is 33.6 Å². The van der Waals surface area contributed by atoms with Crippen molar-refractivity contribution in [2.45, 2.75) is 25.9 Å². The first-order valence-electron chi connectivity index (χ1n) is 7.14. The first kappa shape index (κ1) is 13.8. The van der Waals surface area contributed by atoms with Crippen molar-refractivity contribution in [3.63, 3.8) is 0 Å². The molecule has 2 aromatic rings. The maximum Gasteiger partial charge on any atom is 0.256 e. The van der Waals surface area contributed by atoms with E-state index in [0.29, 0.717) is 18.0 Å². The molecule has 1 amide bonds. The number of hydrogen-bond donors (Lipinski definition) is 1. The predicted octanol–water partition coefficient (Wildman–Crippen LogP) is 2.97. The molecule has 1 heterocycles. The van der Waals surface area contributed by atoms with Gasteiger partial charge in [0.15, 0.2) is 0 Å². The van der Waals surface area contributed by atoms with Gasteiger partial charge in [0, 0.05) is 18.4 Å². The molecule has 0 spiro atoms. The van der Waals surface area contributed by atoms with Gasteiger partial charge >= 0.3 is 0 Å². The van der Waals surface area contributed by atoms with Gasteiger partial charge < -0.3 is 10.1 Å². The summed E-state index contributed by atoms with van der Waals surface area (Å²) in [4.78, 5) is 16.7. The number of nitrogens with one attached hydrogen (secondary N) is 1. The fraction of sp³-hybridized carbons (Fsp3) is 0.294. The van der Waals surface area contributed by atoms with Crippen LogP contribution in [0.5, 0.6) is 0 Å². The molecule has 0 saturated carbocycles. The molecule has 4 nitrogen and oxygen atoms in total. The number of hydrogen-bond acceptors (Lipinski definition) is 3. The molecule has 1 aliphatic carbocycles. The van der Waals surface area contributed by atoms with Gasteiger partial charge in [-0.3, -0.25) is 4.79 Å². The average molecular weight is 282 g/mol. The molecule has 0 radical (unpaired) electrons. The fourth-order valence-corrected chi connectivity index (χ4v) is 2.60. The maximum atomic E-state index is 12.2. The Hall–Kier alpha value is -2.20. The summed E-state index contributed by atoms with van der Waals surface area (Å²) in [7, 11) is 1.65. The number of rotatable bonds is 4. The Morgan fingerprint density at radius 2 is 2.00 bits per heavy atom. The standard InChI is InChI=1S/C17H18N2O2/c1-21-11-12-5-7-14(8-6-12)17(20)19-16-10-9-13-3-2-4-15(13)18-16/h5-10H,2-4,11H2,1H3,(H,18,19,20). The molecule has 1 aromatic heterocycles. The SMILES string of the molecule is COCc1ccc(C(=O)Nc2ccc3c(n2)CCC3)cc1. The Morgan fingerprint density at radius 1 is 1.19 bits per heavy atom. The lowest BCUT2D eigenvalue weighted by molar-refractivity contribution is 0.102. The Bertz CT molecular complexity index is 650. The number of carbonyl (C=O) groups is 1. The predicted molar refractivity (Wildman–Crippen MR) is 81.4 cm³/mol. The molecule has 1 aromatic carbocycles. The van der Waals surface area contributed by atoms with Gasteiger partial charge in [-0.15, -0.1) is 0 Å². The van der Waals surface area contributed by atoms with E-state index in [1.54, 1.807) is 19.2 Å². The number of amides is 1. The highest BCUT2D eigenvalue weighted by Crippen LogP contribution is 2.21. The van der Waals surface area contributed by atoms with Gasteiger partial charge in [-0.1, -0.05) is 18.2 Å². The van der Waals surface area contributed by atoms with Crippen LogP contribution in [0.2, 0.25) is 0 Å². The summed E-state index contributed by atoms with van der Waals surface area (Å²) >= 11 is 0. The topological polar surface area (TPSA) is 51.2 Å². The van der Waals surface area contributed by atoms with E-state index in [2.05, 4.69) is 16.4 Å². The first-order valence-corrected chi connectivity index (χ1v) is 7.14. The highest BCUT2D eigenvalue weighted by atomic mass is 16.5. The second-order valence-electron chi connectivity index (χ2n) is 5.24. The quantitative estimate of drug-likeness (QED) is 0.938. The molecule has 1 aliphatic rings. The molecule has 4 heteroatoms. The highest BCUT2D eigenvalue weighted by Gasteiger charge is 2.14. The van der Waals surface area contributed by atoms with Crippen LogP contribution < -0.4 is 5.32 Å². The molecule has 0 aliphatic heterocycles. The van der Waals surface area contributed by atoms with Gasteiger partial charge in [0.1, 0.15) is 5.82 Å². The van der Waals surface area contributed by atoms with E-state index in [0.717, 1.165) is 30.5 Å². The lowest BCUT2D eigenvalue weighted by atomic mass is 10.1. The van der Waals surface area contributed by atoms with Gasteiger partial charge in [-0.05, 0) is 48.6 Å². The molecule has 21 heavy (non-hydrogen) atoms. The maximum absolute atomic E-state index is 12.2. The third-order valence-electron chi connectivity index (χ3n) is 3.70. The van der Waals surface area contributed by atoms with Crippen molar-refractivity contribution in [1.29, 1.82) is 0 Å². The van der Waals surface area contributed by atoms with Crippen LogP contribution in [0.25, 0.3) is 0 Å². The molecule has 1 N–H and O–H groups in total. The van der Waals surface area contributed by atoms with E-state index in [4.69, 9.17) is 4.74 Å². The third-order valence-corrected chi connectivity index (χ3v) is 3.70. The van der Waals surface area contributed by atoms with Crippen LogP contribution in [0.4, 0.5) is 5.82 Å². The number of benzene rings is 1. The normalized spacial score (nSPS) is 13.0. The number of methoxy groups -OCH3 is 1. The van der Waals surface area contributed by atoms with E-state index in [9.17, 15) is 4.79 Å². The van der Waals surface area contributed by atoms with Crippen molar-refractivity contribution in [2.24, 2.45) is 0 Å². The van der Waals surface area contributed by atoms with E-state index in [1.807, 2.05) is 18.2 Å². The third kappa shape index (κ3) is 3.11. The first-order chi connectivity index (χ1) is 10.3. The summed E-state index contributed by atoms with van der Waals surface area (Å²) in [6, 6.07) is 11.3. The number of pyridine rings is 1. The van der Waals surface area contributed by atoms with Crippen LogP contribution in [0.3, 0.4) is 0 Å². The van der Waals surface area contributed by atoms with Crippen molar-refractivity contribution < 1.29 is 9.53 Å². The second kappa shape index (κ2) is 6.06. The van der Waals surface area contributed by atoms with Crippen LogP contribution in [-0.2, 0) is 24.2 Å². The van der Waals surface area contributed by atoms with Crippen molar-refractivity contribution >= 4 is 11.7 Å². The Labute approximate surface area is 124 Å². The monoisotopic (exact) mass is 282 g/mol. The lowest BCUT2D eigenvalue weighted by Crippen LogP contribution is -2.13. The minimum atomic E-state index is -0.135. The van der Waals surface area contributed by atoms with Crippen LogP contribution >= 0.6 is 0 Å². The van der Waals surface area contributed by atoms with Crippen molar-refractivity contribution in [3.05, 3.63) is 58.8 Å². The molecule has 108 valence electrons. The summed E-state index contributed by atoms with van der Waals surface area (Å²) in [5, 5.41) is 2.86. The zero-order valence-corrected chi connectivity index (χ0v) is 12.1. The number of carbonyl (C=O) groups excluding carboxylic acids is 1. The number of fused-ring (bicyclic) bond motifs is 1. The van der Waals surface area contributed by atoms with Gasteiger partial charge in [0.2, 0.25) is 0 Å². The average Bonchev–Trinajstić information content (AvgIpc) is 2.96. The zero-order valence-electron chi connectivity index (χ0n) is 12.1. The van der Waals surface area contributed by atoms with Gasteiger partial charge in [-0.2, -0.15) is 0 Å². The summed E-state index contributed by atoms with van der Waals surface area (Å²) in [5.41, 5.74) is 4.09. The van der Waals surface area contributed by atoms with Crippen LogP contribution in [-0.4, -0.2) is 18.0 Å². The Morgan fingerprint density at radius 3 is 2.76 bits per heavy atom. The van der Waals surface area contributed by atoms with E-state index < -0.39 is 0 Å². The number of anilines is 1. The van der Waals surface area contributed by atoms with Crippen molar-refractivity contribution in [3.8, 4) is 0 Å². The Balaban J connectivity index is 1.71.